The Balaban J connectivity index is 2.28. The highest BCUT2D eigenvalue weighted by atomic mass is 32.2. The number of carbonyl (C=O) groups excluding carboxylic acids is 1. The third kappa shape index (κ3) is 12.7. The Bertz CT molecular complexity index is 474. The molecule has 0 aromatic heterocycles. The lowest BCUT2D eigenvalue weighted by atomic mass is 9.95. The number of carbonyl (C=O) groups is 1. The Hall–Kier alpha value is -0.660. The van der Waals surface area contributed by atoms with Gasteiger partial charge in [-0.25, -0.2) is 0 Å². The molecule has 1 rings (SSSR count). The van der Waals surface area contributed by atoms with Gasteiger partial charge in [0.15, 0.2) is 0 Å². The summed E-state index contributed by atoms with van der Waals surface area (Å²) in [5.74, 6) is -0.923. The molecule has 6 nitrogen and oxygen atoms in total. The van der Waals surface area contributed by atoms with E-state index in [1.807, 2.05) is 0 Å². The Morgan fingerprint density at radius 1 is 1.08 bits per heavy atom. The van der Waals surface area contributed by atoms with Gasteiger partial charge >= 0.3 is 5.97 Å². The van der Waals surface area contributed by atoms with Crippen LogP contribution in [-0.4, -0.2) is 43.4 Å². The lowest BCUT2D eigenvalue weighted by molar-refractivity contribution is -0.148. The van der Waals surface area contributed by atoms with E-state index in [9.17, 15) is 13.2 Å². The number of hydrogen-bond acceptors (Lipinski definition) is 5. The summed E-state index contributed by atoms with van der Waals surface area (Å²) in [6.07, 6.45) is 12.9. The van der Waals surface area contributed by atoms with Crippen molar-refractivity contribution >= 4 is 16.1 Å². The number of esters is 1. The average Bonchev–Trinajstić information content (AvgIpc) is 2.58. The first-order valence-electron chi connectivity index (χ1n) is 10.3. The SMILES string of the molecule is CCCCCCCCCC(=O)OC(CNC1CCCCC1)CS(=O)(=O)O. The number of nitrogens with one attached hydrogen (secondary N) is 1. The second kappa shape index (κ2) is 13.5. The number of unbranched alkanes of at least 4 members (excludes halogenated alkanes) is 6. The molecule has 7 heteroatoms. The van der Waals surface area contributed by atoms with Gasteiger partial charge in [-0.3, -0.25) is 9.35 Å². The molecule has 1 fully saturated rings. The van der Waals surface area contributed by atoms with Crippen molar-refractivity contribution in [3.63, 3.8) is 0 Å². The van der Waals surface area contributed by atoms with E-state index in [1.54, 1.807) is 0 Å². The zero-order chi connectivity index (χ0) is 19.3. The lowest BCUT2D eigenvalue weighted by Crippen LogP contribution is -2.41. The quantitative estimate of drug-likeness (QED) is 0.265. The summed E-state index contributed by atoms with van der Waals surface area (Å²) >= 11 is 0. The molecule has 0 bridgehead atoms. The maximum Gasteiger partial charge on any atom is 0.306 e. The van der Waals surface area contributed by atoms with Crippen LogP contribution in [0.3, 0.4) is 0 Å². The van der Waals surface area contributed by atoms with Crippen molar-refractivity contribution in [2.24, 2.45) is 0 Å². The second-order valence-corrected chi connectivity index (χ2v) is 8.97. The smallest absolute Gasteiger partial charge is 0.306 e. The molecule has 1 atom stereocenters. The first kappa shape index (κ1) is 23.4. The van der Waals surface area contributed by atoms with Gasteiger partial charge in [0.2, 0.25) is 0 Å². The van der Waals surface area contributed by atoms with E-state index in [-0.39, 0.29) is 12.5 Å². The van der Waals surface area contributed by atoms with Crippen LogP contribution < -0.4 is 5.32 Å². The molecule has 2 N–H and O–H groups in total. The van der Waals surface area contributed by atoms with Crippen LogP contribution in [0, 0.1) is 0 Å². The summed E-state index contributed by atoms with van der Waals surface area (Å²) in [7, 11) is -4.18. The Kier molecular flexibility index (Phi) is 12.1. The number of ether oxygens (including phenoxy) is 1. The van der Waals surface area contributed by atoms with E-state index in [1.165, 1.54) is 44.9 Å². The minimum atomic E-state index is -4.18. The highest BCUT2D eigenvalue weighted by Crippen LogP contribution is 2.17. The van der Waals surface area contributed by atoms with Gasteiger partial charge in [-0.15, -0.1) is 0 Å². The van der Waals surface area contributed by atoms with Gasteiger partial charge in [0.1, 0.15) is 11.9 Å². The maximum atomic E-state index is 12.0. The molecule has 0 saturated heterocycles. The van der Waals surface area contributed by atoms with Crippen molar-refractivity contribution in [3.8, 4) is 0 Å². The summed E-state index contributed by atoms with van der Waals surface area (Å²) in [6.45, 7) is 2.45. The van der Waals surface area contributed by atoms with E-state index < -0.39 is 22.0 Å². The molecule has 0 radical (unpaired) electrons. The lowest BCUT2D eigenvalue weighted by Gasteiger charge is -2.25. The van der Waals surface area contributed by atoms with Crippen LogP contribution >= 0.6 is 0 Å². The van der Waals surface area contributed by atoms with Crippen molar-refractivity contribution in [1.29, 1.82) is 0 Å². The highest BCUT2D eigenvalue weighted by Gasteiger charge is 2.23. The molecular formula is C19H37NO5S. The van der Waals surface area contributed by atoms with Crippen LogP contribution in [0.1, 0.15) is 90.4 Å². The summed E-state index contributed by atoms with van der Waals surface area (Å²) in [5, 5.41) is 3.29. The summed E-state index contributed by atoms with van der Waals surface area (Å²) in [5.41, 5.74) is 0. The number of hydrogen-bond donors (Lipinski definition) is 2. The fourth-order valence-corrected chi connectivity index (χ4v) is 4.10. The van der Waals surface area contributed by atoms with Gasteiger partial charge in [-0.05, 0) is 19.3 Å². The summed E-state index contributed by atoms with van der Waals surface area (Å²) in [6, 6.07) is 0.342. The first-order chi connectivity index (χ1) is 12.4. The van der Waals surface area contributed by atoms with Crippen molar-refractivity contribution in [1.82, 2.24) is 5.32 Å². The molecular weight excluding hydrogens is 354 g/mol. The van der Waals surface area contributed by atoms with Crippen LogP contribution in [0.5, 0.6) is 0 Å². The molecule has 0 aliphatic heterocycles. The zero-order valence-electron chi connectivity index (χ0n) is 16.2. The van der Waals surface area contributed by atoms with E-state index in [2.05, 4.69) is 12.2 Å². The Morgan fingerprint density at radius 3 is 2.31 bits per heavy atom. The summed E-state index contributed by atoms with van der Waals surface area (Å²) in [4.78, 5) is 12.0. The minimum Gasteiger partial charge on any atom is -0.460 e. The predicted octanol–water partition coefficient (Wildman–Crippen LogP) is 3.85. The van der Waals surface area contributed by atoms with Crippen molar-refractivity contribution in [3.05, 3.63) is 0 Å². The molecule has 0 amide bonds. The topological polar surface area (TPSA) is 92.7 Å². The molecule has 1 aliphatic carbocycles. The molecule has 154 valence electrons. The van der Waals surface area contributed by atoms with Crippen LogP contribution in [-0.2, 0) is 19.6 Å². The predicted molar refractivity (Wildman–Crippen MR) is 104 cm³/mol. The fraction of sp³-hybridized carbons (Fsp3) is 0.947. The van der Waals surface area contributed by atoms with Crippen LogP contribution in [0.15, 0.2) is 0 Å². The largest absolute Gasteiger partial charge is 0.460 e. The van der Waals surface area contributed by atoms with Crippen molar-refractivity contribution in [2.45, 2.75) is 103 Å². The Labute approximate surface area is 159 Å². The first-order valence-corrected chi connectivity index (χ1v) is 11.9. The van der Waals surface area contributed by atoms with Crippen LogP contribution in [0.2, 0.25) is 0 Å². The molecule has 1 unspecified atom stereocenters. The minimum absolute atomic E-state index is 0.271. The van der Waals surface area contributed by atoms with Crippen molar-refractivity contribution < 1.29 is 22.5 Å². The van der Waals surface area contributed by atoms with E-state index in [0.29, 0.717) is 12.5 Å². The standard InChI is InChI=1S/C19H37NO5S/c1-2-3-4-5-6-7-11-14-19(21)25-18(16-26(22,23)24)15-20-17-12-9-8-10-13-17/h17-18,20H,2-16H2,1H3,(H,22,23,24). The molecule has 0 heterocycles. The van der Waals surface area contributed by atoms with Gasteiger partial charge in [0.25, 0.3) is 10.1 Å². The maximum absolute atomic E-state index is 12.0. The van der Waals surface area contributed by atoms with Gasteiger partial charge in [0, 0.05) is 19.0 Å². The number of rotatable bonds is 14. The molecule has 26 heavy (non-hydrogen) atoms. The molecule has 0 aromatic rings. The monoisotopic (exact) mass is 391 g/mol. The average molecular weight is 392 g/mol. The molecule has 1 aliphatic rings. The van der Waals surface area contributed by atoms with Gasteiger partial charge < -0.3 is 10.1 Å². The van der Waals surface area contributed by atoms with Gasteiger partial charge in [-0.1, -0.05) is 64.7 Å². The van der Waals surface area contributed by atoms with Crippen LogP contribution in [0.4, 0.5) is 0 Å². The van der Waals surface area contributed by atoms with E-state index in [0.717, 1.165) is 32.1 Å². The molecule has 1 saturated carbocycles. The molecule has 0 aromatic carbocycles. The second-order valence-electron chi connectivity index (χ2n) is 7.47. The molecule has 0 spiro atoms. The van der Waals surface area contributed by atoms with Gasteiger partial charge in [-0.2, -0.15) is 8.42 Å². The third-order valence-corrected chi connectivity index (χ3v) is 5.71. The fourth-order valence-electron chi connectivity index (χ4n) is 3.45. The van der Waals surface area contributed by atoms with Gasteiger partial charge in [0.05, 0.1) is 0 Å². The third-order valence-electron chi connectivity index (χ3n) is 4.92. The zero-order valence-corrected chi connectivity index (χ0v) is 17.1. The van der Waals surface area contributed by atoms with E-state index >= 15 is 0 Å². The Morgan fingerprint density at radius 2 is 1.69 bits per heavy atom. The van der Waals surface area contributed by atoms with Crippen molar-refractivity contribution in [2.75, 3.05) is 12.3 Å². The van der Waals surface area contributed by atoms with E-state index in [4.69, 9.17) is 9.29 Å². The highest BCUT2D eigenvalue weighted by molar-refractivity contribution is 7.85. The summed E-state index contributed by atoms with van der Waals surface area (Å²) < 4.78 is 36.8. The van der Waals surface area contributed by atoms with Crippen LogP contribution in [0.25, 0.3) is 0 Å². The normalized spacial score (nSPS) is 17.2.